The Hall–Kier alpha value is -3.03. The van der Waals surface area contributed by atoms with Crippen LogP contribution in [0.2, 0.25) is 0 Å². The predicted molar refractivity (Wildman–Crippen MR) is 105 cm³/mol. The van der Waals surface area contributed by atoms with Crippen LogP contribution >= 0.6 is 11.3 Å². The van der Waals surface area contributed by atoms with Crippen molar-refractivity contribution in [2.24, 2.45) is 0 Å². The summed E-state index contributed by atoms with van der Waals surface area (Å²) in [5, 5.41) is 16.6. The first-order valence-electron chi connectivity index (χ1n) is 8.18. The number of benzene rings is 2. The Bertz CT molecular complexity index is 1000. The maximum absolute atomic E-state index is 10.2. The maximum Gasteiger partial charge on any atom is 0.229 e. The highest BCUT2D eigenvalue weighted by atomic mass is 32.1. The van der Waals surface area contributed by atoms with Crippen LogP contribution in [0.15, 0.2) is 66.3 Å². The van der Waals surface area contributed by atoms with E-state index in [0.29, 0.717) is 18.3 Å². The lowest BCUT2D eigenvalue weighted by atomic mass is 10.1. The molecular weight excluding hydrogens is 346 g/mol. The van der Waals surface area contributed by atoms with Gasteiger partial charge in [-0.1, -0.05) is 30.3 Å². The average molecular weight is 363 g/mol. The molecule has 26 heavy (non-hydrogen) atoms. The van der Waals surface area contributed by atoms with Crippen molar-refractivity contribution < 1.29 is 5.11 Å². The van der Waals surface area contributed by atoms with Gasteiger partial charge in [-0.2, -0.15) is 4.98 Å². The molecular formula is C19H17N5OS. The van der Waals surface area contributed by atoms with Crippen molar-refractivity contribution in [3.8, 4) is 0 Å². The third-order valence-electron chi connectivity index (χ3n) is 3.90. The Morgan fingerprint density at radius 3 is 2.81 bits per heavy atom. The molecule has 4 aromatic rings. The van der Waals surface area contributed by atoms with Crippen molar-refractivity contribution in [2.75, 3.05) is 17.2 Å². The molecule has 0 unspecified atom stereocenters. The van der Waals surface area contributed by atoms with Crippen molar-refractivity contribution >= 4 is 39.0 Å². The second kappa shape index (κ2) is 7.47. The summed E-state index contributed by atoms with van der Waals surface area (Å²) in [6, 6.07) is 17.2. The molecule has 6 nitrogen and oxygen atoms in total. The van der Waals surface area contributed by atoms with E-state index in [2.05, 4.69) is 25.6 Å². The van der Waals surface area contributed by atoms with E-state index < -0.39 is 6.10 Å². The molecule has 0 radical (unpaired) electrons. The molecule has 3 N–H and O–H groups in total. The predicted octanol–water partition coefficient (Wildman–Crippen LogP) is 3.98. The molecule has 0 bridgehead atoms. The first kappa shape index (κ1) is 16.4. The monoisotopic (exact) mass is 363 g/mol. The second-order valence-corrected chi connectivity index (χ2v) is 6.62. The number of hydrogen-bond acceptors (Lipinski definition) is 7. The lowest BCUT2D eigenvalue weighted by Crippen LogP contribution is -2.13. The lowest BCUT2D eigenvalue weighted by Gasteiger charge is -2.13. The summed E-state index contributed by atoms with van der Waals surface area (Å²) in [6.45, 7) is 0.368. The molecule has 0 spiro atoms. The molecule has 0 amide bonds. The summed E-state index contributed by atoms with van der Waals surface area (Å²) in [5.41, 5.74) is 4.58. The van der Waals surface area contributed by atoms with Crippen molar-refractivity contribution in [1.82, 2.24) is 15.0 Å². The Kier molecular flexibility index (Phi) is 4.72. The maximum atomic E-state index is 10.2. The van der Waals surface area contributed by atoms with Gasteiger partial charge in [0, 0.05) is 18.4 Å². The van der Waals surface area contributed by atoms with E-state index in [0.717, 1.165) is 21.5 Å². The molecule has 2 aromatic carbocycles. The average Bonchev–Trinajstić information content (AvgIpc) is 3.15. The number of nitrogens with one attached hydrogen (secondary N) is 2. The van der Waals surface area contributed by atoms with Gasteiger partial charge < -0.3 is 15.7 Å². The largest absolute Gasteiger partial charge is 0.387 e. The van der Waals surface area contributed by atoms with Crippen molar-refractivity contribution in [1.29, 1.82) is 0 Å². The molecule has 0 saturated heterocycles. The van der Waals surface area contributed by atoms with Gasteiger partial charge in [0.25, 0.3) is 0 Å². The summed E-state index contributed by atoms with van der Waals surface area (Å²) < 4.78 is 1.11. The fourth-order valence-corrected chi connectivity index (χ4v) is 3.29. The van der Waals surface area contributed by atoms with Gasteiger partial charge in [-0.15, -0.1) is 11.3 Å². The van der Waals surface area contributed by atoms with Crippen molar-refractivity contribution in [3.05, 3.63) is 71.9 Å². The summed E-state index contributed by atoms with van der Waals surface area (Å²) >= 11 is 1.59. The molecule has 130 valence electrons. The van der Waals surface area contributed by atoms with Crippen LogP contribution in [0.25, 0.3) is 10.2 Å². The van der Waals surface area contributed by atoms with Crippen LogP contribution in [-0.2, 0) is 0 Å². The lowest BCUT2D eigenvalue weighted by molar-refractivity contribution is 0.191. The smallest absolute Gasteiger partial charge is 0.229 e. The van der Waals surface area contributed by atoms with Crippen LogP contribution < -0.4 is 10.6 Å². The molecule has 7 heteroatoms. The van der Waals surface area contributed by atoms with Gasteiger partial charge in [0.15, 0.2) is 0 Å². The Balaban J connectivity index is 1.43. The number of nitrogens with zero attached hydrogens (tertiary/aromatic N) is 3. The molecule has 0 saturated carbocycles. The fourth-order valence-electron chi connectivity index (χ4n) is 2.57. The zero-order chi connectivity index (χ0) is 17.8. The second-order valence-electron chi connectivity index (χ2n) is 5.73. The van der Waals surface area contributed by atoms with Gasteiger partial charge in [-0.25, -0.2) is 9.97 Å². The first-order chi connectivity index (χ1) is 12.8. The van der Waals surface area contributed by atoms with E-state index in [1.54, 1.807) is 23.6 Å². The van der Waals surface area contributed by atoms with Gasteiger partial charge >= 0.3 is 0 Å². The number of anilines is 3. The minimum Gasteiger partial charge on any atom is -0.387 e. The standard InChI is InChI=1S/C19H17N5OS/c25-16(13-4-2-1-3-5-13)11-21-18-8-9-20-19(24-18)23-14-6-7-15-17(10-14)26-12-22-15/h1-10,12,16,25H,11H2,(H2,20,21,23,24)/t16-/m1/s1. The molecule has 1 atom stereocenters. The SMILES string of the molecule is O[C@H](CNc1ccnc(Nc2ccc3ncsc3c2)n1)c1ccccc1. The van der Waals surface area contributed by atoms with Gasteiger partial charge in [-0.3, -0.25) is 0 Å². The van der Waals surface area contributed by atoms with E-state index in [-0.39, 0.29) is 0 Å². The Morgan fingerprint density at radius 1 is 1.04 bits per heavy atom. The number of fused-ring (bicyclic) bond motifs is 1. The van der Waals surface area contributed by atoms with Crippen LogP contribution in [0.1, 0.15) is 11.7 Å². The molecule has 2 aromatic heterocycles. The van der Waals surface area contributed by atoms with Gasteiger partial charge in [0.1, 0.15) is 5.82 Å². The molecule has 0 aliphatic heterocycles. The molecule has 4 rings (SSSR count). The van der Waals surface area contributed by atoms with Gasteiger partial charge in [-0.05, 0) is 29.8 Å². The van der Waals surface area contributed by atoms with E-state index in [1.807, 2.05) is 54.0 Å². The highest BCUT2D eigenvalue weighted by Crippen LogP contribution is 2.23. The van der Waals surface area contributed by atoms with Crippen LogP contribution in [-0.4, -0.2) is 26.6 Å². The minimum atomic E-state index is -0.601. The van der Waals surface area contributed by atoms with Gasteiger partial charge in [0.05, 0.1) is 21.8 Å². The molecule has 0 fully saturated rings. The number of aliphatic hydroxyl groups excluding tert-OH is 1. The first-order valence-corrected chi connectivity index (χ1v) is 9.06. The van der Waals surface area contributed by atoms with Crippen LogP contribution in [0.3, 0.4) is 0 Å². The summed E-state index contributed by atoms with van der Waals surface area (Å²) in [6.07, 6.45) is 1.08. The number of rotatable bonds is 6. The fraction of sp³-hybridized carbons (Fsp3) is 0.105. The minimum absolute atomic E-state index is 0.368. The normalized spacial score (nSPS) is 12.0. The third-order valence-corrected chi connectivity index (χ3v) is 4.70. The van der Waals surface area contributed by atoms with E-state index >= 15 is 0 Å². The highest BCUT2D eigenvalue weighted by Gasteiger charge is 2.08. The van der Waals surface area contributed by atoms with E-state index in [1.165, 1.54) is 0 Å². The topological polar surface area (TPSA) is 83.0 Å². The molecule has 2 heterocycles. The van der Waals surface area contributed by atoms with Crippen LogP contribution in [0.5, 0.6) is 0 Å². The highest BCUT2D eigenvalue weighted by molar-refractivity contribution is 7.16. The van der Waals surface area contributed by atoms with Gasteiger partial charge in [0.2, 0.25) is 5.95 Å². The number of hydrogen-bond donors (Lipinski definition) is 3. The summed E-state index contributed by atoms with van der Waals surface area (Å²) in [7, 11) is 0. The number of aliphatic hydroxyl groups is 1. The van der Waals surface area contributed by atoms with Crippen LogP contribution in [0.4, 0.5) is 17.5 Å². The molecule has 0 aliphatic carbocycles. The van der Waals surface area contributed by atoms with Crippen molar-refractivity contribution in [3.63, 3.8) is 0 Å². The number of thiazole rings is 1. The van der Waals surface area contributed by atoms with Crippen LogP contribution in [0, 0.1) is 0 Å². The molecule has 0 aliphatic rings. The third kappa shape index (κ3) is 3.79. The summed E-state index contributed by atoms with van der Waals surface area (Å²) in [5.74, 6) is 1.14. The quantitative estimate of drug-likeness (QED) is 0.481. The van der Waals surface area contributed by atoms with E-state index in [4.69, 9.17) is 0 Å². The van der Waals surface area contributed by atoms with E-state index in [9.17, 15) is 5.11 Å². The number of aromatic nitrogens is 3. The zero-order valence-corrected chi connectivity index (χ0v) is 14.6. The van der Waals surface area contributed by atoms with Crippen molar-refractivity contribution in [2.45, 2.75) is 6.10 Å². The summed E-state index contributed by atoms with van der Waals surface area (Å²) in [4.78, 5) is 13.0. The Labute approximate surface area is 154 Å². The zero-order valence-electron chi connectivity index (χ0n) is 13.8. The Morgan fingerprint density at radius 2 is 1.92 bits per heavy atom.